The normalized spacial score (nSPS) is 18.3. The Morgan fingerprint density at radius 3 is 2.45 bits per heavy atom. The number of carbonyl (C=O) groups excluding carboxylic acids is 3. The predicted molar refractivity (Wildman–Crippen MR) is 168 cm³/mol. The Labute approximate surface area is 272 Å². The lowest BCUT2D eigenvalue weighted by Crippen LogP contribution is -2.61. The summed E-state index contributed by atoms with van der Waals surface area (Å²) in [5, 5.41) is 11.5. The molecule has 1 aliphatic rings. The van der Waals surface area contributed by atoms with E-state index in [1.807, 2.05) is 0 Å². The van der Waals surface area contributed by atoms with Gasteiger partial charge in [0.05, 0.1) is 24.9 Å². The summed E-state index contributed by atoms with van der Waals surface area (Å²) in [5.74, 6) is -2.06. The number of quaternary nitrogens is 1. The topological polar surface area (TPSA) is 191 Å². The molecule has 3 N–H and O–H groups in total. The molecule has 1 unspecified atom stereocenters. The third-order valence-electron chi connectivity index (χ3n) is 8.32. The van der Waals surface area contributed by atoms with Crippen molar-refractivity contribution in [3.05, 3.63) is 72.2 Å². The van der Waals surface area contributed by atoms with Crippen LogP contribution in [0.2, 0.25) is 0 Å². The van der Waals surface area contributed by atoms with Crippen LogP contribution in [0.25, 0.3) is 0 Å². The van der Waals surface area contributed by atoms with E-state index in [-0.39, 0.29) is 30.1 Å². The number of carboxylic acid groups (broad SMARTS) is 1. The van der Waals surface area contributed by atoms with Gasteiger partial charge in [-0.05, 0) is 43.2 Å². The summed E-state index contributed by atoms with van der Waals surface area (Å²) in [7, 11) is -4.67. The first-order valence-corrected chi connectivity index (χ1v) is 16.8. The van der Waals surface area contributed by atoms with E-state index in [9.17, 15) is 32.1 Å². The van der Waals surface area contributed by atoms with Crippen molar-refractivity contribution in [1.29, 1.82) is 0 Å². The number of amides is 3. The Kier molecular flexibility index (Phi) is 11.5. The van der Waals surface area contributed by atoms with Crippen LogP contribution in [0.3, 0.4) is 0 Å². The summed E-state index contributed by atoms with van der Waals surface area (Å²) in [4.78, 5) is 66.3. The van der Waals surface area contributed by atoms with Crippen LogP contribution >= 0.6 is 0 Å². The van der Waals surface area contributed by atoms with Crippen LogP contribution in [0.1, 0.15) is 80.8 Å². The van der Waals surface area contributed by atoms with Crippen molar-refractivity contribution in [3.63, 3.8) is 0 Å². The molecule has 252 valence electrons. The number of unbranched alkanes of at least 4 members (excludes halogenated alkanes) is 3. The lowest BCUT2D eigenvalue weighted by Gasteiger charge is -2.33. The Balaban J connectivity index is 1.57. The quantitative estimate of drug-likeness (QED) is 0.0673. The summed E-state index contributed by atoms with van der Waals surface area (Å²) in [6.45, 7) is 4.05. The Morgan fingerprint density at radius 1 is 1.09 bits per heavy atom. The highest BCUT2D eigenvalue weighted by Gasteiger charge is 2.57. The highest BCUT2D eigenvalue weighted by atomic mass is 32.2. The number of hydrogen-bond donors (Lipinski definition) is 3. The van der Waals surface area contributed by atoms with Gasteiger partial charge in [0.1, 0.15) is 17.0 Å². The van der Waals surface area contributed by atoms with E-state index in [0.29, 0.717) is 31.2 Å². The van der Waals surface area contributed by atoms with Gasteiger partial charge in [0.15, 0.2) is 11.6 Å². The molecule has 3 amide bonds. The van der Waals surface area contributed by atoms with Gasteiger partial charge < -0.3 is 15.0 Å². The van der Waals surface area contributed by atoms with Crippen LogP contribution < -0.4 is 10.2 Å². The second-order valence-electron chi connectivity index (χ2n) is 11.6. The Hall–Kier alpha value is -4.60. The first-order valence-electron chi connectivity index (χ1n) is 15.4. The minimum atomic E-state index is -4.67. The minimum absolute atomic E-state index is 0.0322. The number of nitrogens with one attached hydrogen (secondary N) is 1. The van der Waals surface area contributed by atoms with Gasteiger partial charge in [-0.1, -0.05) is 56.9 Å². The molecule has 1 aromatic heterocycles. The van der Waals surface area contributed by atoms with E-state index in [4.69, 9.17) is 14.9 Å². The highest BCUT2D eigenvalue weighted by molar-refractivity contribution is 7.86. The molecule has 3 aromatic rings. The SMILES string of the molecule is CCCCCC[C@H](C(=O)[N@+]1(C(=O)OOc2ccc(CC(=O)O)cc2)CCCC1C)n1cnc(NC(=O)c2ccccc2S(=O)(=O)O)c1. The number of aromatic nitrogens is 2. The summed E-state index contributed by atoms with van der Waals surface area (Å²) in [6, 6.07) is 9.90. The van der Waals surface area contributed by atoms with Gasteiger partial charge in [0.25, 0.3) is 16.0 Å². The summed E-state index contributed by atoms with van der Waals surface area (Å²) in [6.07, 6.45) is 6.75. The van der Waals surface area contributed by atoms with Crippen LogP contribution in [-0.4, -0.2) is 68.6 Å². The molecule has 14 nitrogen and oxygen atoms in total. The van der Waals surface area contributed by atoms with Crippen molar-refractivity contribution >= 4 is 39.8 Å². The molecule has 0 spiro atoms. The van der Waals surface area contributed by atoms with Crippen molar-refractivity contribution in [2.24, 2.45) is 0 Å². The number of nitrogens with zero attached hydrogens (tertiary/aromatic N) is 3. The lowest BCUT2D eigenvalue weighted by atomic mass is 10.0. The third kappa shape index (κ3) is 8.41. The summed E-state index contributed by atoms with van der Waals surface area (Å²) < 4.78 is 34.0. The van der Waals surface area contributed by atoms with Gasteiger partial charge in [-0.2, -0.15) is 22.6 Å². The number of carbonyl (C=O) groups is 4. The van der Waals surface area contributed by atoms with Crippen LogP contribution in [0, 0.1) is 0 Å². The van der Waals surface area contributed by atoms with Crippen LogP contribution in [0.4, 0.5) is 10.6 Å². The number of hydrogen-bond acceptors (Lipinski definition) is 9. The number of rotatable bonds is 14. The highest BCUT2D eigenvalue weighted by Crippen LogP contribution is 2.35. The molecule has 2 heterocycles. The van der Waals surface area contributed by atoms with Crippen molar-refractivity contribution in [1.82, 2.24) is 9.55 Å². The number of anilines is 1. The van der Waals surface area contributed by atoms with E-state index >= 15 is 0 Å². The minimum Gasteiger partial charge on any atom is -0.481 e. The Bertz CT molecular complexity index is 1710. The summed E-state index contributed by atoms with van der Waals surface area (Å²) in [5.41, 5.74) is 0.249. The molecule has 15 heteroatoms. The van der Waals surface area contributed by atoms with E-state index in [0.717, 1.165) is 25.3 Å². The van der Waals surface area contributed by atoms with Crippen LogP contribution in [-0.2, 0) is 31.0 Å². The number of aliphatic carboxylic acids is 1. The number of benzene rings is 2. The molecule has 0 aliphatic carbocycles. The number of carboxylic acids is 1. The van der Waals surface area contributed by atoms with Crippen LogP contribution in [0.15, 0.2) is 66.0 Å². The van der Waals surface area contributed by atoms with E-state index in [1.54, 1.807) is 6.92 Å². The molecule has 0 saturated carbocycles. The molecular formula is C32H39N4O10S+. The standard InChI is InChI=1S/C32H38N4O10S/c1-3-4-5-6-12-26(35-20-28(33-21-35)34-30(39)25-11-7-8-13-27(25)47(42,43)44)31(40)36(18-9-10-22(36)2)32(41)46-45-24-16-14-23(15-17-24)19-29(37)38/h7-8,11,13-17,20-22,26H,3-6,9-10,12,18-19H2,1-2H3,(H2-,34,37,38,39,42,43,44)/p+1/t22?,26-,36+/m1/s1. The zero-order chi connectivity index (χ0) is 34.2. The molecule has 2 aromatic carbocycles. The lowest BCUT2D eigenvalue weighted by molar-refractivity contribution is -0.798. The maximum Gasteiger partial charge on any atom is 0.564 e. The van der Waals surface area contributed by atoms with Crippen molar-refractivity contribution in [3.8, 4) is 5.75 Å². The zero-order valence-corrected chi connectivity index (χ0v) is 27.0. The number of likely N-dealkylation sites (tertiary alicyclic amines) is 1. The van der Waals surface area contributed by atoms with Gasteiger partial charge in [-0.25, -0.2) is 9.78 Å². The largest absolute Gasteiger partial charge is 0.564 e. The van der Waals surface area contributed by atoms with Crippen molar-refractivity contribution in [2.75, 3.05) is 11.9 Å². The molecular weight excluding hydrogens is 632 g/mol. The maximum absolute atomic E-state index is 14.5. The van der Waals surface area contributed by atoms with Gasteiger partial charge in [-0.3, -0.25) is 19.0 Å². The van der Waals surface area contributed by atoms with Gasteiger partial charge >= 0.3 is 18.0 Å². The van der Waals surface area contributed by atoms with Crippen LogP contribution in [0.5, 0.6) is 5.75 Å². The molecule has 0 bridgehead atoms. The van der Waals surface area contributed by atoms with Gasteiger partial charge in [0, 0.05) is 19.0 Å². The first kappa shape index (κ1) is 35.3. The van der Waals surface area contributed by atoms with Gasteiger partial charge in [0.2, 0.25) is 0 Å². The average Bonchev–Trinajstić information content (AvgIpc) is 3.66. The second kappa shape index (κ2) is 15.3. The van der Waals surface area contributed by atoms with E-state index in [2.05, 4.69) is 17.2 Å². The maximum atomic E-state index is 14.5. The predicted octanol–water partition coefficient (Wildman–Crippen LogP) is 5.18. The smallest absolute Gasteiger partial charge is 0.481 e. The fourth-order valence-electron chi connectivity index (χ4n) is 5.82. The molecule has 1 aliphatic heterocycles. The molecule has 0 radical (unpaired) electrons. The monoisotopic (exact) mass is 671 g/mol. The Morgan fingerprint density at radius 2 is 1.81 bits per heavy atom. The first-order chi connectivity index (χ1) is 22.4. The molecule has 3 atom stereocenters. The fraction of sp³-hybridized carbons (Fsp3) is 0.406. The fourth-order valence-corrected chi connectivity index (χ4v) is 6.51. The number of imide groups is 1. The molecule has 1 saturated heterocycles. The summed E-state index contributed by atoms with van der Waals surface area (Å²) >= 11 is 0. The van der Waals surface area contributed by atoms with Crippen molar-refractivity contribution < 1.29 is 51.5 Å². The van der Waals surface area contributed by atoms with Crippen molar-refractivity contribution in [2.45, 2.75) is 82.2 Å². The second-order valence-corrected chi connectivity index (χ2v) is 13.0. The molecule has 4 rings (SSSR count). The van der Waals surface area contributed by atoms with E-state index < -0.39 is 55.5 Å². The third-order valence-corrected chi connectivity index (χ3v) is 9.23. The zero-order valence-electron chi connectivity index (χ0n) is 26.2. The van der Waals surface area contributed by atoms with E-state index in [1.165, 1.54) is 59.6 Å². The number of imidazole rings is 1. The molecule has 1 fully saturated rings. The molecule has 47 heavy (non-hydrogen) atoms. The average molecular weight is 672 g/mol. The van der Waals surface area contributed by atoms with Gasteiger partial charge in [-0.15, -0.1) is 0 Å².